The summed E-state index contributed by atoms with van der Waals surface area (Å²) >= 11 is 0. The van der Waals surface area contributed by atoms with Gasteiger partial charge in [-0.25, -0.2) is 0 Å². The van der Waals surface area contributed by atoms with Gasteiger partial charge in [0.1, 0.15) is 0 Å². The molecular weight excluding hydrogens is 374 g/mol. The topological polar surface area (TPSA) is 66.6 Å². The average molecular weight is 410 g/mol. The number of carbonyl (C=O) groups is 2. The van der Waals surface area contributed by atoms with Gasteiger partial charge in [0.25, 0.3) is 11.8 Å². The molecule has 4 aliphatic carbocycles. The van der Waals surface area contributed by atoms with E-state index in [0.29, 0.717) is 19.0 Å². The Labute approximate surface area is 180 Å². The van der Waals surface area contributed by atoms with Gasteiger partial charge in [0.05, 0.1) is 11.4 Å². The van der Waals surface area contributed by atoms with Crippen molar-refractivity contribution in [3.05, 3.63) is 24.3 Å². The van der Waals surface area contributed by atoms with Crippen LogP contribution in [0.4, 0.5) is 11.4 Å². The summed E-state index contributed by atoms with van der Waals surface area (Å²) < 4.78 is 0. The van der Waals surface area contributed by atoms with E-state index in [1.54, 1.807) is 4.90 Å². The smallest absolute Gasteiger partial charge is 0.253 e. The second-order valence-electron chi connectivity index (χ2n) is 11.0. The monoisotopic (exact) mass is 409 g/mol. The summed E-state index contributed by atoms with van der Waals surface area (Å²) in [5, 5.41) is 0. The largest absolute Gasteiger partial charge is 0.312 e. The minimum Gasteiger partial charge on any atom is -0.312 e. The van der Waals surface area contributed by atoms with Gasteiger partial charge in [-0.05, 0) is 86.2 Å². The van der Waals surface area contributed by atoms with Gasteiger partial charge in [-0.3, -0.25) is 9.59 Å². The van der Waals surface area contributed by atoms with Crippen LogP contribution in [-0.4, -0.2) is 30.9 Å². The minimum absolute atomic E-state index is 0.202. The first-order valence-electron chi connectivity index (χ1n) is 11.8. The van der Waals surface area contributed by atoms with Crippen LogP contribution in [0, 0.1) is 29.1 Å². The lowest BCUT2D eigenvalue weighted by molar-refractivity contribution is -0.128. The summed E-state index contributed by atoms with van der Waals surface area (Å²) in [4.78, 5) is 30.3. The highest BCUT2D eigenvalue weighted by Gasteiger charge is 2.52. The molecule has 4 fully saturated rings. The Bertz CT molecular complexity index is 813. The number of amides is 2. The van der Waals surface area contributed by atoms with Crippen molar-refractivity contribution in [2.75, 3.05) is 22.9 Å². The first-order chi connectivity index (χ1) is 14.3. The number of rotatable bonds is 5. The highest BCUT2D eigenvalue weighted by Crippen LogP contribution is 2.60. The van der Waals surface area contributed by atoms with Crippen molar-refractivity contribution in [3.8, 4) is 0 Å². The molecule has 1 atom stereocenters. The molecule has 5 nitrogen and oxygen atoms in total. The second-order valence-corrected chi connectivity index (χ2v) is 11.0. The van der Waals surface area contributed by atoms with Crippen LogP contribution in [0.5, 0.6) is 0 Å². The van der Waals surface area contributed by atoms with Gasteiger partial charge in [-0.1, -0.05) is 26.0 Å². The highest BCUT2D eigenvalue weighted by molar-refractivity contribution is 6.20. The molecule has 0 spiro atoms. The molecule has 2 N–H and O–H groups in total. The highest BCUT2D eigenvalue weighted by atomic mass is 16.2. The van der Waals surface area contributed by atoms with Gasteiger partial charge in [0.2, 0.25) is 0 Å². The van der Waals surface area contributed by atoms with Gasteiger partial charge in [-0.2, -0.15) is 0 Å². The molecule has 0 saturated heterocycles. The summed E-state index contributed by atoms with van der Waals surface area (Å²) in [5.41, 5.74) is 8.18. The fourth-order valence-corrected chi connectivity index (χ4v) is 7.20. The number of nitrogens with zero attached hydrogens (tertiary/aromatic N) is 2. The van der Waals surface area contributed by atoms with E-state index in [1.807, 2.05) is 29.2 Å². The molecule has 4 bridgehead atoms. The van der Waals surface area contributed by atoms with Crippen LogP contribution in [0.25, 0.3) is 0 Å². The Kier molecular flexibility index (Phi) is 4.92. The Balaban J connectivity index is 1.50. The van der Waals surface area contributed by atoms with Crippen LogP contribution in [0.1, 0.15) is 58.8 Å². The lowest BCUT2D eigenvalue weighted by atomic mass is 9.49. The number of hydrogen-bond donors (Lipinski definition) is 1. The Morgan fingerprint density at radius 1 is 0.933 bits per heavy atom. The Morgan fingerprint density at radius 2 is 1.43 bits per heavy atom. The molecule has 1 aromatic carbocycles. The number of hydrogen-bond acceptors (Lipinski definition) is 3. The number of nitrogens with two attached hydrogens (primary N) is 1. The molecule has 30 heavy (non-hydrogen) atoms. The first-order valence-corrected chi connectivity index (χ1v) is 11.8. The fraction of sp³-hybridized carbons (Fsp3) is 0.680. The van der Waals surface area contributed by atoms with Gasteiger partial charge >= 0.3 is 0 Å². The normalized spacial score (nSPS) is 35.2. The molecule has 1 aliphatic heterocycles. The predicted molar refractivity (Wildman–Crippen MR) is 119 cm³/mol. The number of fused-ring (bicyclic) bond motifs is 1. The molecule has 4 saturated carbocycles. The van der Waals surface area contributed by atoms with E-state index < -0.39 is 6.04 Å². The van der Waals surface area contributed by atoms with E-state index in [9.17, 15) is 9.59 Å². The standard InChI is InChI=1S/C25H35N3O2/c1-16(2)7-8-27-20-5-3-4-6-21(20)28(24(30)22(26)23(27)29)15-25-12-17-9-18(13-25)11-19(10-17)14-25/h3-6,16-19,22H,7-15,26H2,1-2H3. The zero-order valence-electron chi connectivity index (χ0n) is 18.3. The molecule has 1 heterocycles. The summed E-state index contributed by atoms with van der Waals surface area (Å²) in [6.45, 7) is 5.61. The van der Waals surface area contributed by atoms with Crippen LogP contribution in [0.2, 0.25) is 0 Å². The molecule has 0 radical (unpaired) electrons. The number of carbonyl (C=O) groups excluding carboxylic acids is 2. The zero-order chi connectivity index (χ0) is 21.0. The van der Waals surface area contributed by atoms with Gasteiger partial charge < -0.3 is 15.5 Å². The average Bonchev–Trinajstić information content (AvgIpc) is 2.76. The third kappa shape index (κ3) is 3.35. The third-order valence-corrected chi connectivity index (χ3v) is 8.12. The van der Waals surface area contributed by atoms with E-state index in [0.717, 1.165) is 35.5 Å². The van der Waals surface area contributed by atoms with Crippen molar-refractivity contribution in [1.29, 1.82) is 0 Å². The van der Waals surface area contributed by atoms with Gasteiger partial charge in [0.15, 0.2) is 6.04 Å². The maximum absolute atomic E-state index is 13.5. The molecular formula is C25H35N3O2. The lowest BCUT2D eigenvalue weighted by Gasteiger charge is -2.57. The molecule has 2 amide bonds. The summed E-state index contributed by atoms with van der Waals surface area (Å²) in [5.74, 6) is 2.46. The predicted octanol–water partition coefficient (Wildman–Crippen LogP) is 3.96. The quantitative estimate of drug-likeness (QED) is 0.749. The van der Waals surface area contributed by atoms with Crippen molar-refractivity contribution >= 4 is 23.2 Å². The molecule has 5 heteroatoms. The van der Waals surface area contributed by atoms with Crippen molar-refractivity contribution in [2.24, 2.45) is 34.8 Å². The van der Waals surface area contributed by atoms with Crippen LogP contribution < -0.4 is 15.5 Å². The second kappa shape index (κ2) is 7.37. The molecule has 1 aromatic rings. The van der Waals surface area contributed by atoms with Crippen LogP contribution in [0.3, 0.4) is 0 Å². The zero-order valence-corrected chi connectivity index (χ0v) is 18.3. The number of anilines is 2. The van der Waals surface area contributed by atoms with Crippen LogP contribution in [0.15, 0.2) is 24.3 Å². The van der Waals surface area contributed by atoms with Crippen molar-refractivity contribution < 1.29 is 9.59 Å². The molecule has 162 valence electrons. The van der Waals surface area contributed by atoms with Crippen LogP contribution >= 0.6 is 0 Å². The lowest BCUT2D eigenvalue weighted by Crippen LogP contribution is -2.56. The van der Waals surface area contributed by atoms with Gasteiger partial charge in [-0.15, -0.1) is 0 Å². The Hall–Kier alpha value is -1.88. The van der Waals surface area contributed by atoms with Crippen molar-refractivity contribution in [3.63, 3.8) is 0 Å². The Morgan fingerprint density at radius 3 is 1.97 bits per heavy atom. The molecule has 6 rings (SSSR count). The van der Waals surface area contributed by atoms with E-state index in [-0.39, 0.29) is 17.2 Å². The van der Waals surface area contributed by atoms with E-state index in [4.69, 9.17) is 5.73 Å². The SMILES string of the molecule is CC(C)CCN1C(=O)C(N)C(=O)N(CC23CC4CC(CC(C4)C2)C3)c2ccccc21. The number of para-hydroxylation sites is 2. The minimum atomic E-state index is -1.11. The summed E-state index contributed by atoms with van der Waals surface area (Å²) in [7, 11) is 0. The molecule has 0 aromatic heterocycles. The van der Waals surface area contributed by atoms with Gasteiger partial charge in [0, 0.05) is 13.1 Å². The van der Waals surface area contributed by atoms with Crippen LogP contribution in [-0.2, 0) is 9.59 Å². The molecule has 1 unspecified atom stereocenters. The maximum atomic E-state index is 13.5. The van der Waals surface area contributed by atoms with E-state index in [2.05, 4.69) is 13.8 Å². The van der Waals surface area contributed by atoms with E-state index >= 15 is 0 Å². The first kappa shape index (κ1) is 20.0. The summed E-state index contributed by atoms with van der Waals surface area (Å²) in [6.07, 6.45) is 8.71. The third-order valence-electron chi connectivity index (χ3n) is 8.12. The molecule has 5 aliphatic rings. The summed E-state index contributed by atoms with van der Waals surface area (Å²) in [6, 6.07) is 6.80. The maximum Gasteiger partial charge on any atom is 0.253 e. The van der Waals surface area contributed by atoms with Crippen molar-refractivity contribution in [2.45, 2.75) is 64.8 Å². The van der Waals surface area contributed by atoms with Crippen molar-refractivity contribution in [1.82, 2.24) is 0 Å². The fourth-order valence-electron chi connectivity index (χ4n) is 7.20. The number of benzene rings is 1. The van der Waals surface area contributed by atoms with E-state index in [1.165, 1.54) is 38.5 Å².